The van der Waals surface area contributed by atoms with Gasteiger partial charge in [-0.2, -0.15) is 13.9 Å². The normalized spacial score (nSPS) is 13.2. The Hall–Kier alpha value is -3.62. The molecule has 0 amide bonds. The lowest BCUT2D eigenvalue weighted by atomic mass is 10.1. The zero-order valence-electron chi connectivity index (χ0n) is 17.1. The van der Waals surface area contributed by atoms with Gasteiger partial charge in [0.25, 0.3) is 0 Å². The van der Waals surface area contributed by atoms with E-state index in [4.69, 9.17) is 14.6 Å². The van der Waals surface area contributed by atoms with Crippen LogP contribution in [-0.2, 0) is 11.3 Å². The van der Waals surface area contributed by atoms with Crippen LogP contribution in [0.15, 0.2) is 54.7 Å². The van der Waals surface area contributed by atoms with Gasteiger partial charge in [-0.1, -0.05) is 6.07 Å². The topological polar surface area (TPSA) is 82.8 Å². The van der Waals surface area contributed by atoms with Crippen molar-refractivity contribution in [1.29, 1.82) is 0 Å². The Kier molecular flexibility index (Phi) is 6.53. The maximum absolute atomic E-state index is 12.7. The minimum absolute atomic E-state index is 0.0239. The number of hydrogen-bond acceptors (Lipinski definition) is 5. The van der Waals surface area contributed by atoms with E-state index in [9.17, 15) is 13.6 Å². The molecule has 1 fully saturated rings. The molecule has 2 aromatic carbocycles. The van der Waals surface area contributed by atoms with E-state index in [1.807, 2.05) is 12.3 Å². The summed E-state index contributed by atoms with van der Waals surface area (Å²) in [5.74, 6) is 0.227. The first kappa shape index (κ1) is 21.6. The summed E-state index contributed by atoms with van der Waals surface area (Å²) in [7, 11) is 0. The fourth-order valence-corrected chi connectivity index (χ4v) is 3.11. The predicted molar refractivity (Wildman–Crippen MR) is 111 cm³/mol. The van der Waals surface area contributed by atoms with Gasteiger partial charge in [0.15, 0.2) is 18.1 Å². The summed E-state index contributed by atoms with van der Waals surface area (Å²) < 4.78 is 42.6. The number of carbonyl (C=O) groups is 1. The van der Waals surface area contributed by atoms with Crippen molar-refractivity contribution < 1.29 is 32.9 Å². The second-order valence-corrected chi connectivity index (χ2v) is 7.52. The van der Waals surface area contributed by atoms with Crippen LogP contribution in [0.3, 0.4) is 0 Å². The fraction of sp³-hybridized carbons (Fsp3) is 0.304. The number of benzene rings is 2. The molecule has 0 aliphatic heterocycles. The molecule has 1 heterocycles. The van der Waals surface area contributed by atoms with E-state index in [-0.39, 0.29) is 5.75 Å². The molecule has 9 heteroatoms. The largest absolute Gasteiger partial charge is 0.489 e. The molecule has 1 aliphatic rings. The third kappa shape index (κ3) is 5.96. The molecule has 0 unspecified atom stereocenters. The van der Waals surface area contributed by atoms with E-state index < -0.39 is 19.2 Å². The molecule has 0 saturated heterocycles. The Bertz CT molecular complexity index is 1060. The van der Waals surface area contributed by atoms with Crippen molar-refractivity contribution in [3.05, 3.63) is 60.3 Å². The Morgan fingerprint density at radius 3 is 2.56 bits per heavy atom. The van der Waals surface area contributed by atoms with Gasteiger partial charge in [-0.15, -0.1) is 0 Å². The minimum atomic E-state index is -2.92. The average molecular weight is 444 g/mol. The molecule has 1 aliphatic carbocycles. The van der Waals surface area contributed by atoms with Crippen molar-refractivity contribution >= 4 is 5.97 Å². The highest BCUT2D eigenvalue weighted by Crippen LogP contribution is 2.34. The second kappa shape index (κ2) is 9.67. The molecule has 168 valence electrons. The van der Waals surface area contributed by atoms with Gasteiger partial charge < -0.3 is 19.3 Å². The van der Waals surface area contributed by atoms with Crippen molar-refractivity contribution in [3.63, 3.8) is 0 Å². The summed E-state index contributed by atoms with van der Waals surface area (Å²) in [6.07, 6.45) is 4.00. The zero-order chi connectivity index (χ0) is 22.5. The lowest BCUT2D eigenvalue weighted by molar-refractivity contribution is -0.139. The summed E-state index contributed by atoms with van der Waals surface area (Å²) in [5.41, 5.74) is 2.42. The van der Waals surface area contributed by atoms with Gasteiger partial charge >= 0.3 is 12.6 Å². The quantitative estimate of drug-likeness (QED) is 0.471. The number of halogens is 2. The van der Waals surface area contributed by atoms with Crippen molar-refractivity contribution in [1.82, 2.24) is 9.78 Å². The van der Waals surface area contributed by atoms with Gasteiger partial charge in [0.05, 0.1) is 18.8 Å². The Labute approximate surface area is 183 Å². The Morgan fingerprint density at radius 1 is 1.09 bits per heavy atom. The maximum atomic E-state index is 12.7. The van der Waals surface area contributed by atoms with Crippen LogP contribution in [0.2, 0.25) is 0 Å². The van der Waals surface area contributed by atoms with Crippen molar-refractivity contribution in [3.8, 4) is 28.5 Å². The first-order chi connectivity index (χ1) is 15.5. The van der Waals surface area contributed by atoms with E-state index in [0.29, 0.717) is 30.6 Å². The number of aromatic nitrogens is 2. The average Bonchev–Trinajstić information content (AvgIpc) is 3.49. The van der Waals surface area contributed by atoms with E-state index >= 15 is 0 Å². The van der Waals surface area contributed by atoms with E-state index in [1.165, 1.54) is 6.07 Å². The Morgan fingerprint density at radius 2 is 1.88 bits per heavy atom. The molecule has 0 atom stereocenters. The lowest BCUT2D eigenvalue weighted by Gasteiger charge is -2.13. The second-order valence-electron chi connectivity index (χ2n) is 7.52. The molecule has 7 nitrogen and oxygen atoms in total. The molecular formula is C23H22F2N2O5. The number of ether oxygens (including phenoxy) is 3. The molecule has 32 heavy (non-hydrogen) atoms. The van der Waals surface area contributed by atoms with Crippen LogP contribution in [0.5, 0.6) is 17.2 Å². The molecule has 1 aromatic heterocycles. The lowest BCUT2D eigenvalue weighted by Crippen LogP contribution is -2.09. The van der Waals surface area contributed by atoms with E-state index in [2.05, 4.69) is 9.84 Å². The van der Waals surface area contributed by atoms with Crippen LogP contribution in [0, 0.1) is 5.92 Å². The Balaban J connectivity index is 1.44. The molecule has 3 aromatic rings. The number of hydrogen-bond donors (Lipinski definition) is 1. The standard InChI is InChI=1S/C23H22F2N2O5/c24-23(25)32-20-8-3-16(11-21(20)31-13-15-1-2-15)12-27-10-9-19(26-27)17-4-6-18(7-5-17)30-14-22(28)29/h3-11,15,23H,1-2,12-14H2,(H,28,29). The van der Waals surface area contributed by atoms with Crippen LogP contribution < -0.4 is 14.2 Å². The third-order valence-electron chi connectivity index (χ3n) is 4.89. The number of nitrogens with zero attached hydrogens (tertiary/aromatic N) is 2. The van der Waals surface area contributed by atoms with Gasteiger partial charge in [-0.05, 0) is 66.8 Å². The minimum Gasteiger partial charge on any atom is -0.489 e. The number of aliphatic carboxylic acids is 1. The van der Waals surface area contributed by atoms with Gasteiger partial charge in [0.1, 0.15) is 5.75 Å². The summed E-state index contributed by atoms with van der Waals surface area (Å²) >= 11 is 0. The summed E-state index contributed by atoms with van der Waals surface area (Å²) in [6.45, 7) is -2.41. The summed E-state index contributed by atoms with van der Waals surface area (Å²) in [4.78, 5) is 10.6. The van der Waals surface area contributed by atoms with Crippen LogP contribution in [0.4, 0.5) is 8.78 Å². The van der Waals surface area contributed by atoms with Gasteiger partial charge in [0.2, 0.25) is 0 Å². The molecule has 1 saturated carbocycles. The molecular weight excluding hydrogens is 422 g/mol. The number of alkyl halides is 2. The number of carboxylic acid groups (broad SMARTS) is 1. The van der Waals surface area contributed by atoms with Crippen LogP contribution >= 0.6 is 0 Å². The SMILES string of the molecule is O=C(O)COc1ccc(-c2ccn(Cc3ccc(OC(F)F)c(OCC4CC4)c3)n2)cc1. The van der Waals surface area contributed by atoms with Gasteiger partial charge in [0, 0.05) is 11.8 Å². The zero-order valence-corrected chi connectivity index (χ0v) is 17.1. The molecule has 4 rings (SSSR count). The first-order valence-electron chi connectivity index (χ1n) is 10.2. The van der Waals surface area contributed by atoms with Crippen molar-refractivity contribution in [2.45, 2.75) is 26.0 Å². The maximum Gasteiger partial charge on any atom is 0.387 e. The van der Waals surface area contributed by atoms with Crippen molar-refractivity contribution in [2.24, 2.45) is 5.92 Å². The highest BCUT2D eigenvalue weighted by molar-refractivity contribution is 5.68. The number of carboxylic acids is 1. The van der Waals surface area contributed by atoms with Crippen LogP contribution in [0.1, 0.15) is 18.4 Å². The highest BCUT2D eigenvalue weighted by atomic mass is 19.3. The fourth-order valence-electron chi connectivity index (χ4n) is 3.11. The summed E-state index contributed by atoms with van der Waals surface area (Å²) in [5, 5.41) is 13.2. The smallest absolute Gasteiger partial charge is 0.387 e. The van der Waals surface area contributed by atoms with Gasteiger partial charge in [-0.25, -0.2) is 4.79 Å². The monoisotopic (exact) mass is 444 g/mol. The van der Waals surface area contributed by atoms with E-state index in [1.54, 1.807) is 41.1 Å². The van der Waals surface area contributed by atoms with Gasteiger partial charge in [-0.3, -0.25) is 4.68 Å². The molecule has 0 bridgehead atoms. The van der Waals surface area contributed by atoms with E-state index in [0.717, 1.165) is 29.7 Å². The highest BCUT2D eigenvalue weighted by Gasteiger charge is 2.23. The van der Waals surface area contributed by atoms with Crippen molar-refractivity contribution in [2.75, 3.05) is 13.2 Å². The molecule has 0 spiro atoms. The molecule has 1 N–H and O–H groups in total. The van der Waals surface area contributed by atoms with Crippen LogP contribution in [-0.4, -0.2) is 40.7 Å². The number of rotatable bonds is 11. The molecule has 0 radical (unpaired) electrons. The first-order valence-corrected chi connectivity index (χ1v) is 10.2. The predicted octanol–water partition coefficient (Wildman–Crippen LogP) is 4.45. The van der Waals surface area contributed by atoms with Crippen LogP contribution in [0.25, 0.3) is 11.3 Å². The summed E-state index contributed by atoms with van der Waals surface area (Å²) in [6, 6.07) is 13.7. The third-order valence-corrected chi connectivity index (χ3v) is 4.89.